The summed E-state index contributed by atoms with van der Waals surface area (Å²) in [5.74, 6) is -0.643. The molecule has 0 unspecified atom stereocenters. The van der Waals surface area contributed by atoms with Gasteiger partial charge in [0, 0.05) is 11.6 Å². The third-order valence-corrected chi connectivity index (χ3v) is 4.73. The molecular weight excluding hydrogens is 392 g/mol. The number of imide groups is 1. The summed E-state index contributed by atoms with van der Waals surface area (Å²) in [4.78, 5) is 38.7. The molecule has 0 saturated heterocycles. The lowest BCUT2D eigenvalue weighted by Crippen LogP contribution is -2.38. The molecule has 3 rings (SSSR count). The van der Waals surface area contributed by atoms with Gasteiger partial charge in [0.2, 0.25) is 0 Å². The molecule has 0 spiro atoms. The first kappa shape index (κ1) is 20.9. The van der Waals surface area contributed by atoms with Crippen LogP contribution in [0.15, 0.2) is 48.5 Å². The molecule has 0 fully saturated rings. The Kier molecular flexibility index (Phi) is 5.94. The minimum absolute atomic E-state index is 0.162. The number of nitrogens with zero attached hydrogens (tertiary/aromatic N) is 1. The van der Waals surface area contributed by atoms with E-state index in [0.29, 0.717) is 22.6 Å². The molecule has 1 N–H and O–H groups in total. The van der Waals surface area contributed by atoms with Crippen molar-refractivity contribution >= 4 is 29.5 Å². The van der Waals surface area contributed by atoms with E-state index in [0.717, 1.165) is 5.56 Å². The van der Waals surface area contributed by atoms with Crippen LogP contribution in [0, 0.1) is 0 Å². The zero-order valence-corrected chi connectivity index (χ0v) is 17.3. The molecular formula is C22H23ClN2O4. The number of alkyl carbamates (subject to hydrolysis) is 1. The molecule has 0 radical (unpaired) electrons. The lowest BCUT2D eigenvalue weighted by Gasteiger charge is -2.25. The fourth-order valence-electron chi connectivity index (χ4n) is 3.17. The second-order valence-electron chi connectivity index (χ2n) is 7.85. The van der Waals surface area contributed by atoms with Gasteiger partial charge in [0.15, 0.2) is 0 Å². The van der Waals surface area contributed by atoms with E-state index < -0.39 is 17.7 Å². The van der Waals surface area contributed by atoms with Crippen LogP contribution in [-0.4, -0.2) is 35.0 Å². The largest absolute Gasteiger partial charge is 0.444 e. The number of carbonyl (C=O) groups excluding carboxylic acids is 3. The maximum atomic E-state index is 12.6. The molecule has 2 aromatic carbocycles. The van der Waals surface area contributed by atoms with Crippen molar-refractivity contribution in [3.05, 3.63) is 70.2 Å². The molecule has 1 aliphatic rings. The van der Waals surface area contributed by atoms with E-state index in [4.69, 9.17) is 16.3 Å². The summed E-state index contributed by atoms with van der Waals surface area (Å²) in [7, 11) is 0. The lowest BCUT2D eigenvalue weighted by molar-refractivity contribution is 0.0498. The molecule has 1 atom stereocenters. The lowest BCUT2D eigenvalue weighted by atomic mass is 10.0. The molecule has 3 amide bonds. The van der Waals surface area contributed by atoms with Crippen molar-refractivity contribution in [3.8, 4) is 0 Å². The highest BCUT2D eigenvalue weighted by atomic mass is 35.5. The number of benzene rings is 2. The number of ether oxygens (including phenoxy) is 1. The first-order chi connectivity index (χ1) is 13.7. The highest BCUT2D eigenvalue weighted by molar-refractivity contribution is 6.30. The van der Waals surface area contributed by atoms with E-state index in [1.807, 2.05) is 0 Å². The quantitative estimate of drug-likeness (QED) is 0.726. The van der Waals surface area contributed by atoms with E-state index in [2.05, 4.69) is 5.32 Å². The van der Waals surface area contributed by atoms with Gasteiger partial charge in [-0.05, 0) is 57.0 Å². The maximum absolute atomic E-state index is 12.6. The first-order valence-corrected chi connectivity index (χ1v) is 9.74. The van der Waals surface area contributed by atoms with Crippen molar-refractivity contribution in [2.75, 3.05) is 6.54 Å². The Morgan fingerprint density at radius 2 is 1.59 bits per heavy atom. The van der Waals surface area contributed by atoms with Gasteiger partial charge in [0.05, 0.1) is 17.2 Å². The number of amides is 3. The first-order valence-electron chi connectivity index (χ1n) is 9.36. The molecule has 0 bridgehead atoms. The molecule has 1 aliphatic heterocycles. The summed E-state index contributed by atoms with van der Waals surface area (Å²) >= 11 is 5.97. The van der Waals surface area contributed by atoms with E-state index in [9.17, 15) is 14.4 Å². The summed E-state index contributed by atoms with van der Waals surface area (Å²) < 4.78 is 5.35. The molecule has 152 valence electrons. The molecule has 0 aromatic heterocycles. The molecule has 0 aliphatic carbocycles. The van der Waals surface area contributed by atoms with Crippen molar-refractivity contribution in [2.24, 2.45) is 0 Å². The van der Waals surface area contributed by atoms with Crippen LogP contribution >= 0.6 is 11.6 Å². The van der Waals surface area contributed by atoms with Gasteiger partial charge >= 0.3 is 6.09 Å². The van der Waals surface area contributed by atoms with E-state index in [-0.39, 0.29) is 18.4 Å². The minimum Gasteiger partial charge on any atom is -0.444 e. The Morgan fingerprint density at radius 3 is 2.10 bits per heavy atom. The zero-order valence-electron chi connectivity index (χ0n) is 16.6. The SMILES string of the molecule is CC(C)(C)OC(=O)N[C@@H](CCN1C(=O)c2ccccc2C1=O)c1ccc(Cl)cc1. The summed E-state index contributed by atoms with van der Waals surface area (Å²) in [6.07, 6.45) is -0.230. The van der Waals surface area contributed by atoms with Gasteiger partial charge in [0.1, 0.15) is 5.60 Å². The standard InChI is InChI=1S/C22H23ClN2O4/c1-22(2,3)29-21(28)24-18(14-8-10-15(23)11-9-14)12-13-25-19(26)16-6-4-5-7-17(16)20(25)27/h4-11,18H,12-13H2,1-3H3,(H,24,28)/t18-/m0/s1. The van der Waals surface area contributed by atoms with Crippen LogP contribution in [0.5, 0.6) is 0 Å². The molecule has 29 heavy (non-hydrogen) atoms. The fourth-order valence-corrected chi connectivity index (χ4v) is 3.29. The van der Waals surface area contributed by atoms with Crippen LogP contribution in [0.4, 0.5) is 4.79 Å². The molecule has 1 heterocycles. The average Bonchev–Trinajstić information content (AvgIpc) is 2.89. The van der Waals surface area contributed by atoms with Gasteiger partial charge in [-0.2, -0.15) is 0 Å². The highest BCUT2D eigenvalue weighted by Crippen LogP contribution is 2.26. The number of halogens is 1. The second kappa shape index (κ2) is 8.25. The number of fused-ring (bicyclic) bond motifs is 1. The van der Waals surface area contributed by atoms with Crippen LogP contribution in [0.25, 0.3) is 0 Å². The van der Waals surface area contributed by atoms with E-state index >= 15 is 0 Å². The molecule has 0 saturated carbocycles. The molecule has 2 aromatic rings. The smallest absolute Gasteiger partial charge is 0.408 e. The Hall–Kier alpha value is -2.86. The predicted octanol–water partition coefficient (Wildman–Crippen LogP) is 4.59. The van der Waals surface area contributed by atoms with Crippen molar-refractivity contribution < 1.29 is 19.1 Å². The Labute approximate surface area is 174 Å². The Morgan fingerprint density at radius 1 is 1.03 bits per heavy atom. The van der Waals surface area contributed by atoms with Crippen LogP contribution in [-0.2, 0) is 4.74 Å². The van der Waals surface area contributed by atoms with Crippen molar-refractivity contribution in [1.29, 1.82) is 0 Å². The minimum atomic E-state index is -0.642. The number of hydrogen-bond acceptors (Lipinski definition) is 4. The average molecular weight is 415 g/mol. The highest BCUT2D eigenvalue weighted by Gasteiger charge is 2.35. The summed E-state index contributed by atoms with van der Waals surface area (Å²) in [5, 5.41) is 3.40. The molecule has 7 heteroatoms. The van der Waals surface area contributed by atoms with E-state index in [1.54, 1.807) is 69.3 Å². The van der Waals surface area contributed by atoms with Crippen LogP contribution in [0.2, 0.25) is 5.02 Å². The topological polar surface area (TPSA) is 75.7 Å². The monoisotopic (exact) mass is 414 g/mol. The third kappa shape index (κ3) is 4.95. The number of carbonyl (C=O) groups is 3. The van der Waals surface area contributed by atoms with Gasteiger partial charge in [-0.1, -0.05) is 35.9 Å². The van der Waals surface area contributed by atoms with Crippen molar-refractivity contribution in [2.45, 2.75) is 38.8 Å². The van der Waals surface area contributed by atoms with Crippen LogP contribution in [0.1, 0.15) is 59.5 Å². The Bertz CT molecular complexity index is 900. The summed E-state index contributed by atoms with van der Waals surface area (Å²) in [6, 6.07) is 13.3. The fraction of sp³-hybridized carbons (Fsp3) is 0.318. The third-order valence-electron chi connectivity index (χ3n) is 4.48. The number of hydrogen-bond donors (Lipinski definition) is 1. The number of rotatable bonds is 5. The van der Waals surface area contributed by atoms with Gasteiger partial charge in [-0.3, -0.25) is 14.5 Å². The summed E-state index contributed by atoms with van der Waals surface area (Å²) in [5.41, 5.74) is 0.968. The molecule has 6 nitrogen and oxygen atoms in total. The van der Waals surface area contributed by atoms with Crippen molar-refractivity contribution in [3.63, 3.8) is 0 Å². The second-order valence-corrected chi connectivity index (χ2v) is 8.28. The maximum Gasteiger partial charge on any atom is 0.408 e. The predicted molar refractivity (Wildman–Crippen MR) is 110 cm³/mol. The van der Waals surface area contributed by atoms with E-state index in [1.165, 1.54) is 4.90 Å². The zero-order chi connectivity index (χ0) is 21.2. The van der Waals surface area contributed by atoms with Gasteiger partial charge in [0.25, 0.3) is 11.8 Å². The normalized spacial score (nSPS) is 14.6. The van der Waals surface area contributed by atoms with Crippen LogP contribution < -0.4 is 5.32 Å². The van der Waals surface area contributed by atoms with Crippen LogP contribution in [0.3, 0.4) is 0 Å². The Balaban J connectivity index is 1.75. The van der Waals surface area contributed by atoms with Crippen molar-refractivity contribution in [1.82, 2.24) is 10.2 Å². The van der Waals surface area contributed by atoms with Gasteiger partial charge in [-0.15, -0.1) is 0 Å². The van der Waals surface area contributed by atoms with Gasteiger partial charge < -0.3 is 10.1 Å². The number of nitrogens with one attached hydrogen (secondary N) is 1. The van der Waals surface area contributed by atoms with Gasteiger partial charge in [-0.25, -0.2) is 4.79 Å². The summed E-state index contributed by atoms with van der Waals surface area (Å²) in [6.45, 7) is 5.50.